The molecule has 176 valence electrons. The van der Waals surface area contributed by atoms with Crippen LogP contribution in [-0.2, 0) is 19.1 Å². The third kappa shape index (κ3) is 6.55. The predicted octanol–water partition coefficient (Wildman–Crippen LogP) is 4.02. The van der Waals surface area contributed by atoms with Gasteiger partial charge in [0.25, 0.3) is 0 Å². The summed E-state index contributed by atoms with van der Waals surface area (Å²) in [5.74, 6) is 0.763. The number of hydrogen-bond donors (Lipinski definition) is 1. The van der Waals surface area contributed by atoms with Crippen molar-refractivity contribution >= 4 is 12.2 Å². The summed E-state index contributed by atoms with van der Waals surface area (Å²) in [7, 11) is 2.16. The van der Waals surface area contributed by atoms with Gasteiger partial charge in [0.15, 0.2) is 0 Å². The zero-order valence-corrected chi connectivity index (χ0v) is 18.7. The topological polar surface area (TPSA) is 53.0 Å². The fourth-order valence-electron chi connectivity index (χ4n) is 3.93. The highest BCUT2D eigenvalue weighted by Crippen LogP contribution is 2.29. The van der Waals surface area contributed by atoms with E-state index in [0.29, 0.717) is 12.1 Å². The Hall–Kier alpha value is -2.91. The second kappa shape index (κ2) is 10.4. The number of halogens is 3. The number of benzene rings is 1. The Labute approximate surface area is 191 Å². The maximum Gasteiger partial charge on any atom is 0.416 e. The average molecular weight is 459 g/mol. The number of aromatic amines is 1. The van der Waals surface area contributed by atoms with Crippen LogP contribution in [-0.4, -0.2) is 69.3 Å². The summed E-state index contributed by atoms with van der Waals surface area (Å²) in [5.41, 5.74) is 2.01. The van der Waals surface area contributed by atoms with Crippen molar-refractivity contribution in [3.63, 3.8) is 0 Å². The van der Waals surface area contributed by atoms with Crippen LogP contribution < -0.4 is 0 Å². The van der Waals surface area contributed by atoms with E-state index in [9.17, 15) is 13.2 Å². The minimum Gasteiger partial charge on any atom is -0.325 e. The Morgan fingerprint density at radius 1 is 1.03 bits per heavy atom. The molecule has 0 spiro atoms. The molecule has 1 aliphatic heterocycles. The smallest absolute Gasteiger partial charge is 0.325 e. The van der Waals surface area contributed by atoms with Crippen LogP contribution in [0.5, 0.6) is 0 Å². The van der Waals surface area contributed by atoms with Crippen molar-refractivity contribution in [3.05, 3.63) is 71.1 Å². The van der Waals surface area contributed by atoms with Crippen LogP contribution in [0.3, 0.4) is 0 Å². The van der Waals surface area contributed by atoms with Gasteiger partial charge in [-0.1, -0.05) is 18.2 Å². The Balaban J connectivity index is 1.43. The third-order valence-electron chi connectivity index (χ3n) is 5.92. The molecule has 1 saturated heterocycles. The van der Waals surface area contributed by atoms with E-state index in [4.69, 9.17) is 4.98 Å². The number of likely N-dealkylation sites (N-methyl/N-ethyl adjacent to an activating group) is 1. The van der Waals surface area contributed by atoms with Gasteiger partial charge in [0.1, 0.15) is 5.82 Å². The van der Waals surface area contributed by atoms with Crippen LogP contribution in [0.4, 0.5) is 13.2 Å². The fourth-order valence-corrected chi connectivity index (χ4v) is 3.93. The van der Waals surface area contributed by atoms with Crippen LogP contribution in [0.15, 0.2) is 42.7 Å². The Morgan fingerprint density at radius 3 is 2.45 bits per heavy atom. The highest BCUT2D eigenvalue weighted by atomic mass is 19.4. The molecule has 3 heterocycles. The number of piperazine rings is 1. The molecular weight excluding hydrogens is 429 g/mol. The second-order valence-electron chi connectivity index (χ2n) is 8.50. The number of nitrogens with one attached hydrogen (secondary N) is 1. The molecule has 2 aromatic heterocycles. The summed E-state index contributed by atoms with van der Waals surface area (Å²) in [6, 6.07) is 7.05. The molecule has 0 unspecified atom stereocenters. The summed E-state index contributed by atoms with van der Waals surface area (Å²) >= 11 is 0. The van der Waals surface area contributed by atoms with Crippen LogP contribution >= 0.6 is 0 Å². The lowest BCUT2D eigenvalue weighted by atomic mass is 10.1. The number of aromatic nitrogens is 4. The van der Waals surface area contributed by atoms with Crippen molar-refractivity contribution in [1.82, 2.24) is 29.5 Å². The van der Waals surface area contributed by atoms with Gasteiger partial charge in [0, 0.05) is 38.6 Å². The molecule has 1 N–H and O–H groups in total. The van der Waals surface area contributed by atoms with E-state index in [1.807, 2.05) is 16.7 Å². The lowest BCUT2D eigenvalue weighted by molar-refractivity contribution is -0.137. The third-order valence-corrected chi connectivity index (χ3v) is 5.92. The molecule has 1 aliphatic rings. The van der Waals surface area contributed by atoms with Gasteiger partial charge in [-0.2, -0.15) is 18.3 Å². The molecule has 9 heteroatoms. The monoisotopic (exact) mass is 458 g/mol. The van der Waals surface area contributed by atoms with E-state index in [-0.39, 0.29) is 0 Å². The Bertz CT molecular complexity index is 1030. The largest absolute Gasteiger partial charge is 0.416 e. The second-order valence-corrected chi connectivity index (χ2v) is 8.50. The molecule has 33 heavy (non-hydrogen) atoms. The SMILES string of the molecule is CN1CCN(CCCc2cn(Cc3ccn[nH]3)c(/C=C/c3ccc(C(F)(F)F)cc3)n2)CC1. The maximum atomic E-state index is 12.8. The molecule has 0 saturated carbocycles. The zero-order chi connectivity index (χ0) is 23.3. The lowest BCUT2D eigenvalue weighted by Crippen LogP contribution is -2.44. The van der Waals surface area contributed by atoms with E-state index in [0.717, 1.165) is 74.9 Å². The van der Waals surface area contributed by atoms with Gasteiger partial charge in [-0.3, -0.25) is 5.10 Å². The van der Waals surface area contributed by atoms with E-state index >= 15 is 0 Å². The van der Waals surface area contributed by atoms with E-state index < -0.39 is 11.7 Å². The molecular formula is C24H29F3N6. The van der Waals surface area contributed by atoms with Crippen LogP contribution in [0.1, 0.15) is 34.8 Å². The molecule has 0 aliphatic carbocycles. The number of nitrogens with zero attached hydrogens (tertiary/aromatic N) is 5. The van der Waals surface area contributed by atoms with E-state index in [1.54, 1.807) is 12.3 Å². The van der Waals surface area contributed by atoms with E-state index in [2.05, 4.69) is 33.2 Å². The molecule has 0 bridgehead atoms. The number of rotatable bonds is 8. The Morgan fingerprint density at radius 2 is 1.79 bits per heavy atom. The molecule has 0 atom stereocenters. The van der Waals surface area contributed by atoms with Gasteiger partial charge in [0.05, 0.1) is 23.5 Å². The highest BCUT2D eigenvalue weighted by molar-refractivity contribution is 5.67. The predicted molar refractivity (Wildman–Crippen MR) is 123 cm³/mol. The van der Waals surface area contributed by atoms with Gasteiger partial charge >= 0.3 is 6.18 Å². The van der Waals surface area contributed by atoms with Crippen LogP contribution in [0.2, 0.25) is 0 Å². The fraction of sp³-hybridized carbons (Fsp3) is 0.417. The summed E-state index contributed by atoms with van der Waals surface area (Å²) in [5, 5.41) is 6.97. The summed E-state index contributed by atoms with van der Waals surface area (Å²) in [6.45, 7) is 6.07. The van der Waals surface area contributed by atoms with Crippen molar-refractivity contribution in [2.75, 3.05) is 39.8 Å². The van der Waals surface area contributed by atoms with Gasteiger partial charge in [0.2, 0.25) is 0 Å². The first kappa shape index (κ1) is 23.3. The summed E-state index contributed by atoms with van der Waals surface area (Å²) in [6.07, 6.45) is 4.99. The van der Waals surface area contributed by atoms with Crippen LogP contribution in [0, 0.1) is 0 Å². The van der Waals surface area contributed by atoms with Gasteiger partial charge in [-0.25, -0.2) is 4.98 Å². The van der Waals surface area contributed by atoms with E-state index in [1.165, 1.54) is 12.1 Å². The quantitative estimate of drug-likeness (QED) is 0.554. The molecule has 0 amide bonds. The van der Waals surface area contributed by atoms with Gasteiger partial charge < -0.3 is 14.4 Å². The molecule has 1 fully saturated rings. The van der Waals surface area contributed by atoms with Crippen molar-refractivity contribution in [3.8, 4) is 0 Å². The molecule has 0 radical (unpaired) electrons. The minimum absolute atomic E-state index is 0.595. The highest BCUT2D eigenvalue weighted by Gasteiger charge is 2.29. The molecule has 6 nitrogen and oxygen atoms in total. The van der Waals surface area contributed by atoms with Crippen molar-refractivity contribution in [2.45, 2.75) is 25.6 Å². The van der Waals surface area contributed by atoms with Gasteiger partial charge in [-0.05, 0) is 56.3 Å². The first-order valence-corrected chi connectivity index (χ1v) is 11.2. The average Bonchev–Trinajstić information content (AvgIpc) is 3.44. The molecule has 1 aromatic carbocycles. The van der Waals surface area contributed by atoms with Crippen LogP contribution in [0.25, 0.3) is 12.2 Å². The standard InChI is InChI=1S/C24H29F3N6/c1-31-13-15-32(16-14-31)12-2-3-21-17-33(18-22-10-11-28-30-22)23(29-21)9-6-19-4-7-20(8-5-19)24(25,26)27/h4-11,17H,2-3,12-16,18H2,1H3,(H,28,30)/b9-6+. The van der Waals surface area contributed by atoms with Gasteiger partial charge in [-0.15, -0.1) is 0 Å². The number of hydrogen-bond acceptors (Lipinski definition) is 4. The molecule has 4 rings (SSSR count). The van der Waals surface area contributed by atoms with Crippen molar-refractivity contribution in [2.24, 2.45) is 0 Å². The summed E-state index contributed by atoms with van der Waals surface area (Å²) in [4.78, 5) is 9.64. The summed E-state index contributed by atoms with van der Waals surface area (Å²) < 4.78 is 40.4. The normalized spacial score (nSPS) is 16.1. The first-order chi connectivity index (χ1) is 15.9. The number of H-pyrrole nitrogens is 1. The maximum absolute atomic E-state index is 12.8. The zero-order valence-electron chi connectivity index (χ0n) is 18.7. The van der Waals surface area contributed by atoms with Crippen molar-refractivity contribution in [1.29, 1.82) is 0 Å². The lowest BCUT2D eigenvalue weighted by Gasteiger charge is -2.32. The number of aryl methyl sites for hydroxylation is 1. The first-order valence-electron chi connectivity index (χ1n) is 11.2. The number of alkyl halides is 3. The Kier molecular flexibility index (Phi) is 7.29. The minimum atomic E-state index is -4.33. The number of imidazole rings is 1. The van der Waals surface area contributed by atoms with Crippen molar-refractivity contribution < 1.29 is 13.2 Å². The molecule has 3 aromatic rings.